The van der Waals surface area contributed by atoms with Crippen molar-refractivity contribution in [3.05, 3.63) is 58.4 Å². The van der Waals surface area contributed by atoms with Crippen LogP contribution in [0.15, 0.2) is 36.5 Å². The van der Waals surface area contributed by atoms with Crippen LogP contribution in [0.3, 0.4) is 0 Å². The number of halogens is 1. The highest BCUT2D eigenvalue weighted by Gasteiger charge is 2.07. The third-order valence-corrected chi connectivity index (χ3v) is 3.01. The Bertz CT molecular complexity index is 596. The molecule has 0 unspecified atom stereocenters. The van der Waals surface area contributed by atoms with Crippen molar-refractivity contribution in [1.29, 1.82) is 0 Å². The summed E-state index contributed by atoms with van der Waals surface area (Å²) in [5.41, 5.74) is 8.37. The summed E-state index contributed by atoms with van der Waals surface area (Å²) in [6.07, 6.45) is 1.81. The zero-order valence-electron chi connectivity index (χ0n) is 10.5. The number of nitrogens with two attached hydrogens (primary N) is 1. The van der Waals surface area contributed by atoms with Gasteiger partial charge in [0.1, 0.15) is 0 Å². The smallest absolute Gasteiger partial charge is 0.250 e. The second-order valence-corrected chi connectivity index (χ2v) is 4.65. The minimum Gasteiger partial charge on any atom is -0.379 e. The van der Waals surface area contributed by atoms with Gasteiger partial charge < -0.3 is 11.1 Å². The van der Waals surface area contributed by atoms with E-state index >= 15 is 0 Å². The molecular formula is C14H14ClN3O. The molecule has 1 aromatic heterocycles. The van der Waals surface area contributed by atoms with Gasteiger partial charge in [0.25, 0.3) is 0 Å². The van der Waals surface area contributed by atoms with E-state index in [9.17, 15) is 4.79 Å². The number of amides is 1. The molecule has 1 heterocycles. The molecule has 0 atom stereocenters. The number of anilines is 1. The highest BCUT2D eigenvalue weighted by molar-refractivity contribution is 6.33. The van der Waals surface area contributed by atoms with Crippen LogP contribution in [0.1, 0.15) is 21.6 Å². The molecule has 0 aliphatic rings. The number of nitrogens with zero attached hydrogens (tertiary/aromatic N) is 1. The molecule has 2 rings (SSSR count). The number of primary amides is 1. The van der Waals surface area contributed by atoms with Crippen molar-refractivity contribution >= 4 is 23.2 Å². The van der Waals surface area contributed by atoms with Gasteiger partial charge in [0, 0.05) is 11.9 Å². The van der Waals surface area contributed by atoms with Gasteiger partial charge in [-0.1, -0.05) is 17.7 Å². The van der Waals surface area contributed by atoms with Crippen LogP contribution in [-0.4, -0.2) is 10.9 Å². The summed E-state index contributed by atoms with van der Waals surface area (Å²) in [5, 5.41) is 3.53. The molecule has 98 valence electrons. The number of carbonyl (C=O) groups is 1. The SMILES string of the molecule is Cc1ccc(CNc2ccc(Cl)c(C(N)=O)c2)nc1. The first-order valence-electron chi connectivity index (χ1n) is 5.81. The van der Waals surface area contributed by atoms with Gasteiger partial charge in [0.15, 0.2) is 0 Å². The quantitative estimate of drug-likeness (QED) is 0.901. The fourth-order valence-corrected chi connectivity index (χ4v) is 1.83. The summed E-state index contributed by atoms with van der Waals surface area (Å²) in [6, 6.07) is 9.03. The zero-order valence-corrected chi connectivity index (χ0v) is 11.2. The topological polar surface area (TPSA) is 68.0 Å². The highest BCUT2D eigenvalue weighted by atomic mass is 35.5. The maximum atomic E-state index is 11.2. The standard InChI is InChI=1S/C14H14ClN3O/c1-9-2-3-11(17-7-9)8-18-10-4-5-13(15)12(6-10)14(16)19/h2-7,18H,8H2,1H3,(H2,16,19). The van der Waals surface area contributed by atoms with Crippen molar-refractivity contribution in [2.24, 2.45) is 5.73 Å². The third-order valence-electron chi connectivity index (χ3n) is 2.68. The molecule has 4 nitrogen and oxygen atoms in total. The first-order chi connectivity index (χ1) is 9.06. The Balaban J connectivity index is 2.09. The third kappa shape index (κ3) is 3.45. The molecule has 0 aliphatic heterocycles. The van der Waals surface area contributed by atoms with Gasteiger partial charge in [-0.15, -0.1) is 0 Å². The Morgan fingerprint density at radius 3 is 2.79 bits per heavy atom. The van der Waals surface area contributed by atoms with E-state index in [1.54, 1.807) is 18.2 Å². The number of carbonyl (C=O) groups excluding carboxylic acids is 1. The van der Waals surface area contributed by atoms with E-state index < -0.39 is 5.91 Å². The van der Waals surface area contributed by atoms with Crippen LogP contribution in [0.4, 0.5) is 5.69 Å². The fourth-order valence-electron chi connectivity index (χ4n) is 1.62. The number of hydrogen-bond donors (Lipinski definition) is 2. The Hall–Kier alpha value is -2.07. The van der Waals surface area contributed by atoms with Gasteiger partial charge in [-0.2, -0.15) is 0 Å². The second kappa shape index (κ2) is 5.71. The number of aromatic nitrogens is 1. The van der Waals surface area contributed by atoms with Crippen LogP contribution in [0.25, 0.3) is 0 Å². The van der Waals surface area contributed by atoms with E-state index in [2.05, 4.69) is 10.3 Å². The van der Waals surface area contributed by atoms with Crippen molar-refractivity contribution in [3.8, 4) is 0 Å². The molecule has 1 aromatic carbocycles. The van der Waals surface area contributed by atoms with Gasteiger partial charge in [-0.05, 0) is 36.8 Å². The van der Waals surface area contributed by atoms with E-state index in [0.29, 0.717) is 17.1 Å². The summed E-state index contributed by atoms with van der Waals surface area (Å²) in [5.74, 6) is -0.540. The van der Waals surface area contributed by atoms with E-state index in [4.69, 9.17) is 17.3 Å². The van der Waals surface area contributed by atoms with Crippen molar-refractivity contribution in [2.45, 2.75) is 13.5 Å². The van der Waals surface area contributed by atoms with Gasteiger partial charge >= 0.3 is 0 Å². The number of rotatable bonds is 4. The number of benzene rings is 1. The second-order valence-electron chi connectivity index (χ2n) is 4.24. The lowest BCUT2D eigenvalue weighted by atomic mass is 10.2. The van der Waals surface area contributed by atoms with Crippen LogP contribution in [0, 0.1) is 6.92 Å². The molecule has 1 amide bonds. The summed E-state index contributed by atoms with van der Waals surface area (Å²) in [4.78, 5) is 15.5. The molecule has 0 aliphatic carbocycles. The van der Waals surface area contributed by atoms with Gasteiger partial charge in [0.05, 0.1) is 22.8 Å². The lowest BCUT2D eigenvalue weighted by Crippen LogP contribution is -2.12. The minimum atomic E-state index is -0.540. The predicted molar refractivity (Wildman–Crippen MR) is 76.3 cm³/mol. The Morgan fingerprint density at radius 1 is 1.37 bits per heavy atom. The van der Waals surface area contributed by atoms with Crippen molar-refractivity contribution in [1.82, 2.24) is 4.98 Å². The molecule has 19 heavy (non-hydrogen) atoms. The molecule has 3 N–H and O–H groups in total. The molecular weight excluding hydrogens is 262 g/mol. The molecule has 0 spiro atoms. The molecule has 0 saturated carbocycles. The normalized spacial score (nSPS) is 10.2. The number of aryl methyl sites for hydroxylation is 1. The van der Waals surface area contributed by atoms with E-state index in [1.165, 1.54) is 0 Å². The summed E-state index contributed by atoms with van der Waals surface area (Å²) >= 11 is 5.88. The van der Waals surface area contributed by atoms with Crippen LogP contribution in [0.5, 0.6) is 0 Å². The van der Waals surface area contributed by atoms with Crippen LogP contribution in [-0.2, 0) is 6.54 Å². The Kier molecular flexibility index (Phi) is 4.02. The molecule has 0 bridgehead atoms. The number of pyridine rings is 1. The predicted octanol–water partition coefficient (Wildman–Crippen LogP) is 2.75. The van der Waals surface area contributed by atoms with Gasteiger partial charge in [0.2, 0.25) is 5.91 Å². The van der Waals surface area contributed by atoms with Crippen molar-refractivity contribution < 1.29 is 4.79 Å². The molecule has 0 saturated heterocycles. The van der Waals surface area contributed by atoms with Gasteiger partial charge in [-0.3, -0.25) is 9.78 Å². The molecule has 2 aromatic rings. The van der Waals surface area contributed by atoms with E-state index in [1.807, 2.05) is 25.3 Å². The van der Waals surface area contributed by atoms with E-state index in [0.717, 1.165) is 16.9 Å². The lowest BCUT2D eigenvalue weighted by Gasteiger charge is -2.08. The molecule has 0 fully saturated rings. The van der Waals surface area contributed by atoms with Crippen LogP contribution in [0.2, 0.25) is 5.02 Å². The van der Waals surface area contributed by atoms with Crippen molar-refractivity contribution in [3.63, 3.8) is 0 Å². The summed E-state index contributed by atoms with van der Waals surface area (Å²) < 4.78 is 0. The van der Waals surface area contributed by atoms with Crippen molar-refractivity contribution in [2.75, 3.05) is 5.32 Å². The zero-order chi connectivity index (χ0) is 13.8. The van der Waals surface area contributed by atoms with Gasteiger partial charge in [-0.25, -0.2) is 0 Å². The first kappa shape index (κ1) is 13.4. The molecule has 0 radical (unpaired) electrons. The summed E-state index contributed by atoms with van der Waals surface area (Å²) in [6.45, 7) is 2.56. The average Bonchev–Trinajstić information content (AvgIpc) is 2.39. The maximum absolute atomic E-state index is 11.2. The van der Waals surface area contributed by atoms with Crippen LogP contribution < -0.4 is 11.1 Å². The number of nitrogens with one attached hydrogen (secondary N) is 1. The average molecular weight is 276 g/mol. The number of hydrogen-bond acceptors (Lipinski definition) is 3. The Labute approximate surface area is 116 Å². The largest absolute Gasteiger partial charge is 0.379 e. The highest BCUT2D eigenvalue weighted by Crippen LogP contribution is 2.20. The fraction of sp³-hybridized carbons (Fsp3) is 0.143. The van der Waals surface area contributed by atoms with E-state index in [-0.39, 0.29) is 0 Å². The monoisotopic (exact) mass is 275 g/mol. The lowest BCUT2D eigenvalue weighted by molar-refractivity contribution is 0.100. The minimum absolute atomic E-state index is 0.309. The summed E-state index contributed by atoms with van der Waals surface area (Å²) in [7, 11) is 0. The van der Waals surface area contributed by atoms with Crippen LogP contribution >= 0.6 is 11.6 Å². The molecule has 5 heteroatoms. The Morgan fingerprint density at radius 2 is 2.16 bits per heavy atom. The maximum Gasteiger partial charge on any atom is 0.250 e. The first-order valence-corrected chi connectivity index (χ1v) is 6.19.